The molecule has 0 bridgehead atoms. The van der Waals surface area contributed by atoms with Crippen molar-refractivity contribution in [2.45, 2.75) is 100 Å². The number of alkyl carbamates (subject to hydrolysis) is 1. The normalized spacial score (nSPS) is 13.8. The number of carbonyl (C=O) groups is 3. The van der Waals surface area contributed by atoms with Crippen molar-refractivity contribution in [2.24, 2.45) is 5.92 Å². The van der Waals surface area contributed by atoms with E-state index >= 15 is 0 Å². The SMILES string of the molecule is C.CC(=O)OC(C)(C)C.CC(C)C[C@H](NC(=O)OC(C)(C)C)C(=O)OCc1ccc(-c2cccc3c(=O)cc(N4CCOCC4)oc23)cc1. The standard InChI is InChI=1S/C31H38N2O7.C6H12O2.CH4/c1-20(2)17-25(32-30(36)40-31(3,4)5)29(35)38-19-21-9-11-22(12-10-21)23-7-6-8-24-26(34)18-27(39-28(23)24)33-13-15-37-16-14-33;1-5(7)8-6(2,3)4;/h6-12,18,20,25H,13-17,19H2,1-5H3,(H,32,36);1-4H3;1H4/t25-;;/m0../s1. The number of esters is 2. The molecular formula is C38H54N2O9. The smallest absolute Gasteiger partial charge is 0.408 e. The highest BCUT2D eigenvalue weighted by molar-refractivity contribution is 5.92. The number of nitrogens with one attached hydrogen (secondary N) is 1. The fourth-order valence-corrected chi connectivity index (χ4v) is 4.93. The monoisotopic (exact) mass is 682 g/mol. The molecule has 0 saturated carbocycles. The zero-order valence-electron chi connectivity index (χ0n) is 29.6. The highest BCUT2D eigenvalue weighted by Crippen LogP contribution is 2.30. The van der Waals surface area contributed by atoms with Gasteiger partial charge in [0.15, 0.2) is 11.3 Å². The number of anilines is 1. The Morgan fingerprint density at radius 1 is 0.918 bits per heavy atom. The van der Waals surface area contributed by atoms with Crippen molar-refractivity contribution >= 4 is 34.9 Å². The highest BCUT2D eigenvalue weighted by atomic mass is 16.6. The predicted molar refractivity (Wildman–Crippen MR) is 192 cm³/mol. The first-order valence-corrected chi connectivity index (χ1v) is 16.3. The van der Waals surface area contributed by atoms with E-state index in [4.69, 9.17) is 23.4 Å². The van der Waals surface area contributed by atoms with Crippen LogP contribution in [0.5, 0.6) is 0 Å². The third-order valence-corrected chi connectivity index (χ3v) is 6.84. The summed E-state index contributed by atoms with van der Waals surface area (Å²) >= 11 is 0. The van der Waals surface area contributed by atoms with Gasteiger partial charge in [0, 0.05) is 31.6 Å². The second-order valence-electron chi connectivity index (χ2n) is 14.1. The molecule has 0 spiro atoms. The van der Waals surface area contributed by atoms with Gasteiger partial charge in [-0.15, -0.1) is 0 Å². The Labute approximate surface area is 290 Å². The van der Waals surface area contributed by atoms with Gasteiger partial charge in [0.05, 0.1) is 18.6 Å². The molecule has 1 fully saturated rings. The van der Waals surface area contributed by atoms with E-state index < -0.39 is 23.7 Å². The van der Waals surface area contributed by atoms with E-state index in [1.165, 1.54) is 6.92 Å². The van der Waals surface area contributed by atoms with Crippen LogP contribution in [0.2, 0.25) is 0 Å². The number of benzene rings is 2. The molecule has 1 aliphatic heterocycles. The molecule has 270 valence electrons. The fraction of sp³-hybridized carbons (Fsp3) is 0.526. The maximum atomic E-state index is 12.9. The van der Waals surface area contributed by atoms with Gasteiger partial charge >= 0.3 is 18.0 Å². The quantitative estimate of drug-likeness (QED) is 0.191. The van der Waals surface area contributed by atoms with Gasteiger partial charge in [0.25, 0.3) is 0 Å². The lowest BCUT2D eigenvalue weighted by Gasteiger charge is -2.27. The molecule has 1 N–H and O–H groups in total. The van der Waals surface area contributed by atoms with Crippen molar-refractivity contribution < 1.29 is 37.7 Å². The van der Waals surface area contributed by atoms with Crippen molar-refractivity contribution in [2.75, 3.05) is 31.2 Å². The fourth-order valence-electron chi connectivity index (χ4n) is 4.93. The van der Waals surface area contributed by atoms with Crippen LogP contribution in [0.3, 0.4) is 0 Å². The van der Waals surface area contributed by atoms with Gasteiger partial charge in [-0.05, 0) is 71.1 Å². The van der Waals surface area contributed by atoms with Crippen LogP contribution in [0.15, 0.2) is 57.7 Å². The maximum absolute atomic E-state index is 12.9. The van der Waals surface area contributed by atoms with E-state index in [1.807, 2.05) is 75.9 Å². The molecule has 3 aromatic rings. The average molecular weight is 683 g/mol. The number of amides is 1. The molecule has 11 nitrogen and oxygen atoms in total. The van der Waals surface area contributed by atoms with Crippen LogP contribution in [0, 0.1) is 5.92 Å². The molecule has 1 atom stereocenters. The maximum Gasteiger partial charge on any atom is 0.408 e. The molecule has 1 aliphatic rings. The minimum absolute atomic E-state index is 0. The zero-order valence-corrected chi connectivity index (χ0v) is 29.6. The summed E-state index contributed by atoms with van der Waals surface area (Å²) in [5.41, 5.74) is 1.89. The van der Waals surface area contributed by atoms with Crippen LogP contribution >= 0.6 is 0 Å². The Morgan fingerprint density at radius 3 is 2.06 bits per heavy atom. The van der Waals surface area contributed by atoms with Crippen LogP contribution in [0.1, 0.15) is 81.7 Å². The van der Waals surface area contributed by atoms with Crippen LogP contribution in [-0.4, -0.2) is 61.6 Å². The number of rotatable bonds is 8. The first-order chi connectivity index (χ1) is 22.4. The molecule has 2 heterocycles. The summed E-state index contributed by atoms with van der Waals surface area (Å²) < 4.78 is 27.3. The number of hydrogen-bond acceptors (Lipinski definition) is 10. The molecule has 4 rings (SSSR count). The molecular weight excluding hydrogens is 628 g/mol. The van der Waals surface area contributed by atoms with Gasteiger partial charge in [0.1, 0.15) is 29.4 Å². The van der Waals surface area contributed by atoms with Crippen LogP contribution < -0.4 is 15.6 Å². The van der Waals surface area contributed by atoms with Gasteiger partial charge in [-0.25, -0.2) is 9.59 Å². The summed E-state index contributed by atoms with van der Waals surface area (Å²) in [7, 11) is 0. The van der Waals surface area contributed by atoms with Crippen LogP contribution in [0.4, 0.5) is 10.7 Å². The second kappa shape index (κ2) is 17.9. The van der Waals surface area contributed by atoms with E-state index in [2.05, 4.69) is 5.32 Å². The lowest BCUT2D eigenvalue weighted by atomic mass is 10.0. The predicted octanol–water partition coefficient (Wildman–Crippen LogP) is 7.26. The van der Waals surface area contributed by atoms with E-state index in [1.54, 1.807) is 32.9 Å². The second-order valence-corrected chi connectivity index (χ2v) is 14.1. The lowest BCUT2D eigenvalue weighted by Crippen LogP contribution is -2.44. The van der Waals surface area contributed by atoms with Crippen molar-refractivity contribution in [3.05, 3.63) is 64.3 Å². The number of carbonyl (C=O) groups excluding carboxylic acids is 3. The number of morpholine rings is 1. The molecule has 2 aromatic carbocycles. The third-order valence-electron chi connectivity index (χ3n) is 6.84. The number of hydrogen-bond donors (Lipinski definition) is 1. The van der Waals surface area contributed by atoms with Crippen molar-refractivity contribution in [3.8, 4) is 11.1 Å². The Kier molecular flexibility index (Phi) is 14.9. The van der Waals surface area contributed by atoms with E-state index in [0.717, 1.165) is 16.7 Å². The summed E-state index contributed by atoms with van der Waals surface area (Å²) in [5, 5.41) is 3.15. The first kappa shape index (κ1) is 40.8. The molecule has 11 heteroatoms. The Bertz CT molecular complexity index is 1590. The minimum atomic E-state index is -0.812. The third kappa shape index (κ3) is 13.6. The Balaban J connectivity index is 0.000000825. The van der Waals surface area contributed by atoms with E-state index in [9.17, 15) is 19.2 Å². The number of nitrogens with zero attached hydrogens (tertiary/aromatic N) is 1. The molecule has 1 saturated heterocycles. The van der Waals surface area contributed by atoms with Crippen molar-refractivity contribution in [1.82, 2.24) is 5.32 Å². The summed E-state index contributed by atoms with van der Waals surface area (Å²) in [6.07, 6.45) is -0.228. The van der Waals surface area contributed by atoms with E-state index in [0.29, 0.717) is 49.6 Å². The molecule has 0 unspecified atom stereocenters. The summed E-state index contributed by atoms with van der Waals surface area (Å²) in [4.78, 5) is 50.2. The van der Waals surface area contributed by atoms with Crippen molar-refractivity contribution in [3.63, 3.8) is 0 Å². The molecule has 0 radical (unpaired) electrons. The van der Waals surface area contributed by atoms with Gasteiger partial charge < -0.3 is 33.6 Å². The number of para-hydroxylation sites is 1. The van der Waals surface area contributed by atoms with Gasteiger partial charge in [-0.2, -0.15) is 0 Å². The summed E-state index contributed by atoms with van der Waals surface area (Å²) in [5.74, 6) is -0.0448. The topological polar surface area (TPSA) is 134 Å². The number of ether oxygens (including phenoxy) is 4. The number of fused-ring (bicyclic) bond motifs is 1. The van der Waals surface area contributed by atoms with Crippen molar-refractivity contribution in [1.29, 1.82) is 0 Å². The molecule has 1 amide bonds. The first-order valence-electron chi connectivity index (χ1n) is 16.3. The van der Waals surface area contributed by atoms with Gasteiger partial charge in [-0.1, -0.05) is 57.7 Å². The molecule has 1 aromatic heterocycles. The average Bonchev–Trinajstić information content (AvgIpc) is 2.98. The summed E-state index contributed by atoms with van der Waals surface area (Å²) in [6, 6.07) is 13.8. The summed E-state index contributed by atoms with van der Waals surface area (Å²) in [6.45, 7) is 18.7. The Hall–Kier alpha value is -4.38. The van der Waals surface area contributed by atoms with Gasteiger partial charge in [-0.3, -0.25) is 9.59 Å². The lowest BCUT2D eigenvalue weighted by molar-refractivity contribution is -0.152. The minimum Gasteiger partial charge on any atom is -0.460 e. The molecule has 0 aliphatic carbocycles. The zero-order chi connectivity index (χ0) is 35.6. The van der Waals surface area contributed by atoms with Gasteiger partial charge in [0.2, 0.25) is 0 Å². The highest BCUT2D eigenvalue weighted by Gasteiger charge is 2.26. The largest absolute Gasteiger partial charge is 0.460 e. The molecule has 49 heavy (non-hydrogen) atoms. The van der Waals surface area contributed by atoms with Crippen LogP contribution in [-0.2, 0) is 35.1 Å². The van der Waals surface area contributed by atoms with Crippen LogP contribution in [0.25, 0.3) is 22.1 Å². The van der Waals surface area contributed by atoms with E-state index in [-0.39, 0.29) is 37.0 Å². The Morgan fingerprint density at radius 2 is 1.53 bits per heavy atom.